The third-order valence-electron chi connectivity index (χ3n) is 3.80. The largest absolute Gasteiger partial charge is 0.456 e. The summed E-state index contributed by atoms with van der Waals surface area (Å²) in [7, 11) is 0. The Morgan fingerprint density at radius 1 is 0.933 bits per heavy atom. The fourth-order valence-electron chi connectivity index (χ4n) is 2.76. The summed E-state index contributed by atoms with van der Waals surface area (Å²) < 4.78 is 10.8. The number of nitrogens with zero attached hydrogens (tertiary/aromatic N) is 2. The van der Waals surface area contributed by atoms with Crippen LogP contribution in [0, 0.1) is 13.8 Å². The number of benzene rings is 1. The number of ether oxygens (including phenoxy) is 2. The van der Waals surface area contributed by atoms with Crippen molar-refractivity contribution in [2.75, 3.05) is 5.32 Å². The van der Waals surface area contributed by atoms with Gasteiger partial charge < -0.3 is 9.47 Å². The van der Waals surface area contributed by atoms with Crippen molar-refractivity contribution in [3.63, 3.8) is 0 Å². The lowest BCUT2D eigenvalue weighted by molar-refractivity contribution is 0.00697. The molecular weight excluding hydrogens is 406 g/mol. The lowest BCUT2D eigenvalue weighted by atomic mass is 9.97. The van der Waals surface area contributed by atoms with Gasteiger partial charge >= 0.3 is 12.1 Å². The molecule has 8 heteroatoms. The molecule has 2 aromatic rings. The lowest BCUT2D eigenvalue weighted by Gasteiger charge is -2.22. The highest BCUT2D eigenvalue weighted by Crippen LogP contribution is 2.33. The van der Waals surface area contributed by atoms with E-state index < -0.39 is 23.3 Å². The molecule has 0 atom stereocenters. The van der Waals surface area contributed by atoms with E-state index in [1.165, 1.54) is 0 Å². The number of amides is 1. The van der Waals surface area contributed by atoms with Crippen LogP contribution in [0.1, 0.15) is 63.0 Å². The van der Waals surface area contributed by atoms with Gasteiger partial charge in [-0.05, 0) is 66.5 Å². The summed E-state index contributed by atoms with van der Waals surface area (Å²) in [6, 6.07) is 5.71. The van der Waals surface area contributed by atoms with Gasteiger partial charge in [-0.2, -0.15) is 4.98 Å². The summed E-state index contributed by atoms with van der Waals surface area (Å²) in [6.07, 6.45) is -0.726. The molecule has 0 unspecified atom stereocenters. The fourth-order valence-corrected chi connectivity index (χ4v) is 3.01. The quantitative estimate of drug-likeness (QED) is 0.492. The van der Waals surface area contributed by atoms with Gasteiger partial charge in [0, 0.05) is 5.56 Å². The molecule has 162 valence electrons. The second kappa shape index (κ2) is 8.60. The molecule has 1 N–H and O–H groups in total. The molecule has 0 saturated heterocycles. The van der Waals surface area contributed by atoms with Crippen molar-refractivity contribution in [3.8, 4) is 11.3 Å². The van der Waals surface area contributed by atoms with Crippen LogP contribution < -0.4 is 5.32 Å². The Hall–Kier alpha value is -2.67. The predicted molar refractivity (Wildman–Crippen MR) is 117 cm³/mol. The highest BCUT2D eigenvalue weighted by molar-refractivity contribution is 6.33. The number of halogens is 1. The van der Waals surface area contributed by atoms with Crippen LogP contribution in [0.2, 0.25) is 5.15 Å². The number of aryl methyl sites for hydroxylation is 2. The summed E-state index contributed by atoms with van der Waals surface area (Å²) in [5.74, 6) is -0.715. The molecule has 7 nitrogen and oxygen atoms in total. The number of rotatable bonds is 3. The molecule has 0 bridgehead atoms. The van der Waals surface area contributed by atoms with E-state index in [-0.39, 0.29) is 22.4 Å². The van der Waals surface area contributed by atoms with Crippen LogP contribution in [0.15, 0.2) is 18.2 Å². The van der Waals surface area contributed by atoms with Crippen molar-refractivity contribution < 1.29 is 19.1 Å². The third-order valence-corrected chi connectivity index (χ3v) is 4.07. The van der Waals surface area contributed by atoms with Gasteiger partial charge in [-0.1, -0.05) is 29.8 Å². The Morgan fingerprint density at radius 3 is 1.97 bits per heavy atom. The van der Waals surface area contributed by atoms with Crippen LogP contribution in [0.3, 0.4) is 0 Å². The van der Waals surface area contributed by atoms with Crippen molar-refractivity contribution in [1.29, 1.82) is 0 Å². The van der Waals surface area contributed by atoms with Gasteiger partial charge in [0.15, 0.2) is 0 Å². The van der Waals surface area contributed by atoms with E-state index in [0.717, 1.165) is 16.7 Å². The molecule has 1 heterocycles. The van der Waals surface area contributed by atoms with Gasteiger partial charge in [-0.15, -0.1) is 0 Å². The van der Waals surface area contributed by atoms with Gasteiger partial charge in [0.05, 0.1) is 5.69 Å². The number of esters is 1. The normalized spacial score (nSPS) is 11.8. The molecular formula is C22H28ClN3O4. The first kappa shape index (κ1) is 23.6. The first-order chi connectivity index (χ1) is 13.7. The van der Waals surface area contributed by atoms with Gasteiger partial charge in [-0.3, -0.25) is 5.32 Å². The number of nitrogens with one attached hydrogen (secondary N) is 1. The summed E-state index contributed by atoms with van der Waals surface area (Å²) in [4.78, 5) is 33.6. The topological polar surface area (TPSA) is 90.4 Å². The van der Waals surface area contributed by atoms with Crippen LogP contribution in [-0.2, 0) is 9.47 Å². The standard InChI is InChI=1S/C22H28ClN3O4/c1-12-10-9-11-13(2)14(12)16-15(18(27)29-21(3,4)5)17(23)25-19(24-16)26-20(28)30-22(6,7)8/h9-11H,1-8H3,(H,24,25,26,28). The van der Waals surface area contributed by atoms with Crippen molar-refractivity contribution in [3.05, 3.63) is 40.0 Å². The molecule has 1 amide bonds. The number of hydrogen-bond donors (Lipinski definition) is 1. The highest BCUT2D eigenvalue weighted by atomic mass is 35.5. The van der Waals surface area contributed by atoms with Gasteiger partial charge in [-0.25, -0.2) is 14.6 Å². The van der Waals surface area contributed by atoms with Gasteiger partial charge in [0.2, 0.25) is 5.95 Å². The van der Waals surface area contributed by atoms with E-state index in [2.05, 4.69) is 15.3 Å². The average molecular weight is 434 g/mol. The highest BCUT2D eigenvalue weighted by Gasteiger charge is 2.28. The number of carbonyl (C=O) groups excluding carboxylic acids is 2. The van der Waals surface area contributed by atoms with Crippen molar-refractivity contribution >= 4 is 29.6 Å². The molecule has 0 aliphatic rings. The average Bonchev–Trinajstić information content (AvgIpc) is 2.50. The molecule has 0 spiro atoms. The molecule has 0 saturated carbocycles. The SMILES string of the molecule is Cc1cccc(C)c1-c1nc(NC(=O)OC(C)(C)C)nc(Cl)c1C(=O)OC(C)(C)C. The molecule has 0 radical (unpaired) electrons. The zero-order valence-corrected chi connectivity index (χ0v) is 19.4. The molecule has 2 rings (SSSR count). The minimum Gasteiger partial charge on any atom is -0.456 e. The second-order valence-electron chi connectivity index (χ2n) is 8.96. The number of aromatic nitrogens is 2. The maximum Gasteiger partial charge on any atom is 0.414 e. The lowest BCUT2D eigenvalue weighted by Crippen LogP contribution is -2.28. The summed E-state index contributed by atoms with van der Waals surface area (Å²) >= 11 is 6.39. The maximum absolute atomic E-state index is 12.9. The monoisotopic (exact) mass is 433 g/mol. The Labute approximate surface area is 182 Å². The van der Waals surface area contributed by atoms with Crippen LogP contribution >= 0.6 is 11.6 Å². The number of carbonyl (C=O) groups is 2. The van der Waals surface area contributed by atoms with Gasteiger partial charge in [0.1, 0.15) is 21.9 Å². The van der Waals surface area contributed by atoms with E-state index in [1.54, 1.807) is 41.5 Å². The smallest absolute Gasteiger partial charge is 0.414 e. The predicted octanol–water partition coefficient (Wildman–Crippen LogP) is 5.72. The van der Waals surface area contributed by atoms with Crippen LogP contribution in [-0.4, -0.2) is 33.2 Å². The van der Waals surface area contributed by atoms with Crippen molar-refractivity contribution in [2.45, 2.75) is 66.6 Å². The Bertz CT molecular complexity index is 955. The van der Waals surface area contributed by atoms with Crippen LogP contribution in [0.4, 0.5) is 10.7 Å². The summed E-state index contributed by atoms with van der Waals surface area (Å²) in [6.45, 7) is 14.3. The Morgan fingerprint density at radius 2 is 1.47 bits per heavy atom. The van der Waals surface area contributed by atoms with E-state index in [0.29, 0.717) is 0 Å². The molecule has 0 aliphatic carbocycles. The molecule has 0 aliphatic heterocycles. The minimum atomic E-state index is -0.730. The first-order valence-electron chi connectivity index (χ1n) is 9.55. The summed E-state index contributed by atoms with van der Waals surface area (Å²) in [5.41, 5.74) is 1.39. The Kier molecular flexibility index (Phi) is 6.76. The molecule has 1 aromatic carbocycles. The summed E-state index contributed by atoms with van der Waals surface area (Å²) in [5, 5.41) is 2.36. The van der Waals surface area contributed by atoms with Crippen LogP contribution in [0.5, 0.6) is 0 Å². The molecule has 1 aromatic heterocycles. The Balaban J connectivity index is 2.63. The van der Waals surface area contributed by atoms with E-state index in [1.807, 2.05) is 32.0 Å². The number of hydrogen-bond acceptors (Lipinski definition) is 6. The second-order valence-corrected chi connectivity index (χ2v) is 9.32. The molecule has 0 fully saturated rings. The van der Waals surface area contributed by atoms with E-state index in [4.69, 9.17) is 21.1 Å². The van der Waals surface area contributed by atoms with Gasteiger partial charge in [0.25, 0.3) is 0 Å². The van der Waals surface area contributed by atoms with Crippen LogP contribution in [0.25, 0.3) is 11.3 Å². The van der Waals surface area contributed by atoms with E-state index >= 15 is 0 Å². The zero-order chi connectivity index (χ0) is 22.9. The van der Waals surface area contributed by atoms with E-state index in [9.17, 15) is 9.59 Å². The fraction of sp³-hybridized carbons (Fsp3) is 0.455. The van der Waals surface area contributed by atoms with Crippen molar-refractivity contribution in [2.24, 2.45) is 0 Å². The minimum absolute atomic E-state index is 0.0405. The maximum atomic E-state index is 12.9. The molecule has 30 heavy (non-hydrogen) atoms. The zero-order valence-electron chi connectivity index (χ0n) is 18.6. The first-order valence-corrected chi connectivity index (χ1v) is 9.93. The van der Waals surface area contributed by atoms with Crippen molar-refractivity contribution in [1.82, 2.24) is 9.97 Å². The number of anilines is 1. The third kappa shape index (κ3) is 6.16.